The number of nitrogens with zero attached hydrogens (tertiary/aromatic N) is 2. The minimum absolute atomic E-state index is 0.0807. The van der Waals surface area contributed by atoms with Crippen LogP contribution in [0.5, 0.6) is 5.88 Å². The number of hydrogen-bond donors (Lipinski definition) is 0. The lowest BCUT2D eigenvalue weighted by molar-refractivity contribution is -0.137. The molecular formula is C17H22ClF3N2O3. The molecule has 1 saturated heterocycles. The summed E-state index contributed by atoms with van der Waals surface area (Å²) in [6.07, 6.45) is -1.80. The topological polar surface area (TPSA) is 51.7 Å². The van der Waals surface area contributed by atoms with Gasteiger partial charge in [-0.3, -0.25) is 0 Å². The van der Waals surface area contributed by atoms with Crippen molar-refractivity contribution >= 4 is 17.7 Å². The van der Waals surface area contributed by atoms with Gasteiger partial charge in [-0.25, -0.2) is 9.78 Å². The molecule has 1 atom stereocenters. The average Bonchev–Trinajstić information content (AvgIpc) is 2.51. The molecule has 146 valence electrons. The van der Waals surface area contributed by atoms with Crippen LogP contribution in [0.3, 0.4) is 0 Å². The molecule has 0 bridgehead atoms. The van der Waals surface area contributed by atoms with Crippen molar-refractivity contribution in [3.8, 4) is 5.88 Å². The molecule has 1 aliphatic heterocycles. The summed E-state index contributed by atoms with van der Waals surface area (Å²) in [6, 6.07) is 0.523. The van der Waals surface area contributed by atoms with Crippen LogP contribution in [0.2, 0.25) is 5.02 Å². The monoisotopic (exact) mass is 394 g/mol. The molecule has 1 amide bonds. The van der Waals surface area contributed by atoms with Gasteiger partial charge in [-0.2, -0.15) is 13.2 Å². The number of aromatic nitrogens is 1. The van der Waals surface area contributed by atoms with Crippen LogP contribution in [-0.4, -0.2) is 40.8 Å². The van der Waals surface area contributed by atoms with Crippen molar-refractivity contribution in [3.63, 3.8) is 0 Å². The summed E-state index contributed by atoms with van der Waals surface area (Å²) in [4.78, 5) is 17.6. The summed E-state index contributed by atoms with van der Waals surface area (Å²) < 4.78 is 48.9. The second-order valence-electron chi connectivity index (χ2n) is 7.14. The van der Waals surface area contributed by atoms with Gasteiger partial charge in [0.05, 0.1) is 11.6 Å². The van der Waals surface area contributed by atoms with E-state index in [4.69, 9.17) is 21.1 Å². The standard InChI is InChI=1S/C17H22ClF3N2O3/c1-16(2,3)26-15(24)23-7-5-4-6-12(23)10-25-14-13(18)8-11(9-22-14)17(19,20)21/h8-9,12H,4-7,10H2,1-3H3. The van der Waals surface area contributed by atoms with E-state index in [9.17, 15) is 18.0 Å². The van der Waals surface area contributed by atoms with Crippen LogP contribution in [0, 0.1) is 0 Å². The third kappa shape index (κ3) is 5.65. The molecule has 0 radical (unpaired) electrons. The Morgan fingerprint density at radius 1 is 1.35 bits per heavy atom. The number of hydrogen-bond acceptors (Lipinski definition) is 4. The van der Waals surface area contributed by atoms with Gasteiger partial charge in [0, 0.05) is 12.7 Å². The number of amides is 1. The van der Waals surface area contributed by atoms with E-state index < -0.39 is 23.4 Å². The van der Waals surface area contributed by atoms with Gasteiger partial charge in [0.15, 0.2) is 0 Å². The van der Waals surface area contributed by atoms with Gasteiger partial charge >= 0.3 is 12.3 Å². The Morgan fingerprint density at radius 2 is 2.04 bits per heavy atom. The molecule has 2 heterocycles. The van der Waals surface area contributed by atoms with Crippen LogP contribution < -0.4 is 4.74 Å². The first kappa shape index (κ1) is 20.6. The highest BCUT2D eigenvalue weighted by molar-refractivity contribution is 6.31. The smallest absolute Gasteiger partial charge is 0.417 e. The molecule has 0 spiro atoms. The van der Waals surface area contributed by atoms with Gasteiger partial charge in [-0.1, -0.05) is 11.6 Å². The Bertz CT molecular complexity index is 647. The number of halogens is 4. The van der Waals surface area contributed by atoms with Gasteiger partial charge in [0.2, 0.25) is 5.88 Å². The lowest BCUT2D eigenvalue weighted by Gasteiger charge is -2.36. The maximum atomic E-state index is 12.7. The summed E-state index contributed by atoms with van der Waals surface area (Å²) in [5, 5.41) is -0.223. The molecule has 1 aromatic rings. The third-order valence-electron chi connectivity index (χ3n) is 3.80. The van der Waals surface area contributed by atoms with E-state index in [2.05, 4.69) is 4.98 Å². The first-order chi connectivity index (χ1) is 12.0. The molecule has 0 saturated carbocycles. The second-order valence-corrected chi connectivity index (χ2v) is 7.55. The van der Waals surface area contributed by atoms with E-state index in [1.54, 1.807) is 25.7 Å². The zero-order chi connectivity index (χ0) is 19.5. The Hall–Kier alpha value is -1.70. The SMILES string of the molecule is CC(C)(C)OC(=O)N1CCCCC1COc1ncc(C(F)(F)F)cc1Cl. The summed E-state index contributed by atoms with van der Waals surface area (Å²) in [5.41, 5.74) is -1.55. The molecule has 2 rings (SSSR count). The number of carbonyl (C=O) groups is 1. The van der Waals surface area contributed by atoms with Crippen molar-refractivity contribution < 1.29 is 27.4 Å². The zero-order valence-corrected chi connectivity index (χ0v) is 15.7. The molecule has 1 aliphatic rings. The van der Waals surface area contributed by atoms with E-state index in [-0.39, 0.29) is 23.6 Å². The summed E-state index contributed by atoms with van der Waals surface area (Å²) in [5.74, 6) is -0.0885. The molecule has 26 heavy (non-hydrogen) atoms. The summed E-state index contributed by atoms with van der Waals surface area (Å²) >= 11 is 5.85. The Kier molecular flexibility index (Phi) is 6.26. The van der Waals surface area contributed by atoms with Crippen molar-refractivity contribution in [1.82, 2.24) is 9.88 Å². The minimum Gasteiger partial charge on any atom is -0.474 e. The molecule has 5 nitrogen and oxygen atoms in total. The molecule has 1 aromatic heterocycles. The number of carbonyl (C=O) groups excluding carboxylic acids is 1. The van der Waals surface area contributed by atoms with Gasteiger partial charge < -0.3 is 14.4 Å². The number of ether oxygens (including phenoxy) is 2. The molecular weight excluding hydrogens is 373 g/mol. The first-order valence-corrected chi connectivity index (χ1v) is 8.70. The predicted octanol–water partition coefficient (Wildman–Crippen LogP) is 4.92. The van der Waals surface area contributed by atoms with Crippen LogP contribution in [-0.2, 0) is 10.9 Å². The van der Waals surface area contributed by atoms with Gasteiger partial charge in [0.1, 0.15) is 17.2 Å². The normalized spacial score (nSPS) is 18.6. The highest BCUT2D eigenvalue weighted by Gasteiger charge is 2.33. The molecule has 0 N–H and O–H groups in total. The third-order valence-corrected chi connectivity index (χ3v) is 4.07. The number of pyridine rings is 1. The fraction of sp³-hybridized carbons (Fsp3) is 0.647. The molecule has 1 fully saturated rings. The minimum atomic E-state index is -4.52. The fourth-order valence-corrected chi connectivity index (χ4v) is 2.82. The van der Waals surface area contributed by atoms with E-state index in [1.807, 2.05) is 0 Å². The highest BCUT2D eigenvalue weighted by Crippen LogP contribution is 2.33. The van der Waals surface area contributed by atoms with Crippen LogP contribution in [0.1, 0.15) is 45.6 Å². The highest BCUT2D eigenvalue weighted by atomic mass is 35.5. The van der Waals surface area contributed by atoms with E-state index in [0.717, 1.165) is 18.9 Å². The van der Waals surface area contributed by atoms with Gasteiger partial charge in [0.25, 0.3) is 0 Å². The molecule has 1 unspecified atom stereocenters. The van der Waals surface area contributed by atoms with Crippen LogP contribution in [0.15, 0.2) is 12.3 Å². The maximum absolute atomic E-state index is 12.7. The van der Waals surface area contributed by atoms with Crippen molar-refractivity contribution in [3.05, 3.63) is 22.8 Å². The van der Waals surface area contributed by atoms with Crippen LogP contribution >= 0.6 is 11.6 Å². The largest absolute Gasteiger partial charge is 0.474 e. The van der Waals surface area contributed by atoms with Crippen LogP contribution in [0.4, 0.5) is 18.0 Å². The van der Waals surface area contributed by atoms with E-state index in [1.165, 1.54) is 0 Å². The van der Waals surface area contributed by atoms with Crippen molar-refractivity contribution in [2.75, 3.05) is 13.2 Å². The fourth-order valence-electron chi connectivity index (χ4n) is 2.60. The van der Waals surface area contributed by atoms with E-state index >= 15 is 0 Å². The van der Waals surface area contributed by atoms with E-state index in [0.29, 0.717) is 19.2 Å². The van der Waals surface area contributed by atoms with Crippen LogP contribution in [0.25, 0.3) is 0 Å². The lowest BCUT2D eigenvalue weighted by Crippen LogP contribution is -2.48. The number of likely N-dealkylation sites (tertiary alicyclic amines) is 1. The lowest BCUT2D eigenvalue weighted by atomic mass is 10.0. The van der Waals surface area contributed by atoms with Crippen molar-refractivity contribution in [2.24, 2.45) is 0 Å². The second kappa shape index (κ2) is 7.90. The first-order valence-electron chi connectivity index (χ1n) is 8.32. The molecule has 9 heteroatoms. The number of piperidine rings is 1. The predicted molar refractivity (Wildman–Crippen MR) is 90.3 cm³/mol. The molecule has 0 aliphatic carbocycles. The van der Waals surface area contributed by atoms with Crippen molar-refractivity contribution in [1.29, 1.82) is 0 Å². The maximum Gasteiger partial charge on any atom is 0.417 e. The zero-order valence-electron chi connectivity index (χ0n) is 14.9. The molecule has 0 aromatic carbocycles. The Balaban J connectivity index is 2.03. The van der Waals surface area contributed by atoms with Crippen molar-refractivity contribution in [2.45, 2.75) is 57.9 Å². The Morgan fingerprint density at radius 3 is 2.62 bits per heavy atom. The van der Waals surface area contributed by atoms with Gasteiger partial charge in [-0.05, 0) is 46.1 Å². The number of rotatable bonds is 3. The summed E-state index contributed by atoms with van der Waals surface area (Å²) in [6.45, 7) is 5.97. The average molecular weight is 395 g/mol. The van der Waals surface area contributed by atoms with Gasteiger partial charge in [-0.15, -0.1) is 0 Å². The quantitative estimate of drug-likeness (QED) is 0.730. The summed E-state index contributed by atoms with van der Waals surface area (Å²) in [7, 11) is 0. The Labute approximate surface area is 155 Å². The number of alkyl halides is 3.